The van der Waals surface area contributed by atoms with Crippen molar-refractivity contribution in [1.82, 2.24) is 4.57 Å². The van der Waals surface area contributed by atoms with Crippen LogP contribution in [0.25, 0.3) is 22.7 Å². The predicted molar refractivity (Wildman–Crippen MR) is 98.6 cm³/mol. The van der Waals surface area contributed by atoms with E-state index in [2.05, 4.69) is 72.7 Å². The van der Waals surface area contributed by atoms with E-state index < -0.39 is 0 Å². The molecule has 0 saturated carbocycles. The molecule has 3 aromatic rings. The molecule has 22 heavy (non-hydrogen) atoms. The van der Waals surface area contributed by atoms with Crippen LogP contribution in [0, 0.1) is 6.92 Å². The molecule has 0 spiro atoms. The second kappa shape index (κ2) is 7.46. The minimum Gasteiger partial charge on any atom is -0.310 e. The highest BCUT2D eigenvalue weighted by Crippen LogP contribution is 2.26. The zero-order valence-electron chi connectivity index (χ0n) is 13.6. The highest BCUT2D eigenvalue weighted by atomic mass is 15.0. The smallest absolute Gasteiger partial charge is 0.0534 e. The van der Waals surface area contributed by atoms with Gasteiger partial charge in [0.1, 0.15) is 0 Å². The van der Waals surface area contributed by atoms with Crippen LogP contribution >= 0.6 is 0 Å². The van der Waals surface area contributed by atoms with E-state index in [0.29, 0.717) is 0 Å². The Morgan fingerprint density at radius 2 is 1.68 bits per heavy atom. The lowest BCUT2D eigenvalue weighted by molar-refractivity contribution is 1.11. The van der Waals surface area contributed by atoms with Crippen molar-refractivity contribution >= 4 is 17.0 Å². The van der Waals surface area contributed by atoms with E-state index in [0.717, 1.165) is 5.69 Å². The zero-order chi connectivity index (χ0) is 15.9. The SMILES string of the molecule is C=C/C=C\c1cc2cc(C)ccc2n1-c1ccccc1.CC. The van der Waals surface area contributed by atoms with Gasteiger partial charge < -0.3 is 4.57 Å². The third-order valence-electron chi connectivity index (χ3n) is 3.40. The summed E-state index contributed by atoms with van der Waals surface area (Å²) in [5.41, 5.74) is 4.85. The Labute approximate surface area is 133 Å². The molecule has 112 valence electrons. The lowest BCUT2D eigenvalue weighted by atomic mass is 10.2. The minimum atomic E-state index is 1.16. The van der Waals surface area contributed by atoms with Crippen LogP contribution in [0.4, 0.5) is 0 Å². The first-order valence-electron chi connectivity index (χ1n) is 7.76. The van der Waals surface area contributed by atoms with Crippen molar-refractivity contribution in [2.75, 3.05) is 0 Å². The number of allylic oxidation sites excluding steroid dienone is 2. The van der Waals surface area contributed by atoms with Gasteiger partial charge >= 0.3 is 0 Å². The molecule has 0 aliphatic rings. The summed E-state index contributed by atoms with van der Waals surface area (Å²) < 4.78 is 2.27. The quantitative estimate of drug-likeness (QED) is 0.508. The van der Waals surface area contributed by atoms with Gasteiger partial charge in [-0.25, -0.2) is 0 Å². The molecule has 0 radical (unpaired) electrons. The van der Waals surface area contributed by atoms with Gasteiger partial charge in [-0.15, -0.1) is 0 Å². The molecule has 3 rings (SSSR count). The van der Waals surface area contributed by atoms with Gasteiger partial charge in [0, 0.05) is 16.8 Å². The highest BCUT2D eigenvalue weighted by molar-refractivity contribution is 5.86. The first-order chi connectivity index (χ1) is 10.8. The number of rotatable bonds is 3. The van der Waals surface area contributed by atoms with Gasteiger partial charge in [0.15, 0.2) is 0 Å². The van der Waals surface area contributed by atoms with Gasteiger partial charge in [0.25, 0.3) is 0 Å². The van der Waals surface area contributed by atoms with Crippen molar-refractivity contribution in [3.05, 3.63) is 84.6 Å². The summed E-state index contributed by atoms with van der Waals surface area (Å²) >= 11 is 0. The van der Waals surface area contributed by atoms with E-state index in [4.69, 9.17) is 0 Å². The largest absolute Gasteiger partial charge is 0.310 e. The number of hydrogen-bond acceptors (Lipinski definition) is 0. The predicted octanol–water partition coefficient (Wildman–Crippen LogP) is 6.16. The highest BCUT2D eigenvalue weighted by Gasteiger charge is 2.08. The van der Waals surface area contributed by atoms with Crippen molar-refractivity contribution < 1.29 is 0 Å². The van der Waals surface area contributed by atoms with Crippen LogP contribution in [0.15, 0.2) is 73.3 Å². The summed E-state index contributed by atoms with van der Waals surface area (Å²) in [6.45, 7) is 9.87. The van der Waals surface area contributed by atoms with Crippen LogP contribution in [0.5, 0.6) is 0 Å². The van der Waals surface area contributed by atoms with E-state index in [-0.39, 0.29) is 0 Å². The minimum absolute atomic E-state index is 1.16. The topological polar surface area (TPSA) is 4.93 Å². The molecular formula is C21H23N. The standard InChI is InChI=1S/C19H17N.C2H6/c1-3-4-8-18-14-16-13-15(2)11-12-19(16)20(18)17-9-6-5-7-10-17;1-2/h3-14H,1H2,2H3;1-2H3/b8-4-;. The maximum absolute atomic E-state index is 3.75. The van der Waals surface area contributed by atoms with Crippen LogP contribution in [0.1, 0.15) is 25.1 Å². The second-order valence-electron chi connectivity index (χ2n) is 4.90. The summed E-state index contributed by atoms with van der Waals surface area (Å²) in [4.78, 5) is 0. The fourth-order valence-corrected chi connectivity index (χ4v) is 2.51. The normalized spacial score (nSPS) is 10.5. The van der Waals surface area contributed by atoms with Gasteiger partial charge in [0.2, 0.25) is 0 Å². The Morgan fingerprint density at radius 1 is 0.955 bits per heavy atom. The van der Waals surface area contributed by atoms with Crippen LogP contribution in [0.2, 0.25) is 0 Å². The Morgan fingerprint density at radius 3 is 2.36 bits per heavy atom. The molecular weight excluding hydrogens is 266 g/mol. The summed E-state index contributed by atoms with van der Waals surface area (Å²) in [6.07, 6.45) is 5.87. The van der Waals surface area contributed by atoms with Gasteiger partial charge in [-0.1, -0.05) is 62.4 Å². The van der Waals surface area contributed by atoms with Gasteiger partial charge in [-0.3, -0.25) is 0 Å². The van der Waals surface area contributed by atoms with Crippen molar-refractivity contribution in [3.8, 4) is 5.69 Å². The van der Waals surface area contributed by atoms with Crippen molar-refractivity contribution in [3.63, 3.8) is 0 Å². The van der Waals surface area contributed by atoms with E-state index in [1.165, 1.54) is 22.2 Å². The molecule has 1 heterocycles. The summed E-state index contributed by atoms with van der Waals surface area (Å²) in [7, 11) is 0. The Kier molecular flexibility index (Phi) is 5.37. The number of para-hydroxylation sites is 1. The molecule has 0 N–H and O–H groups in total. The summed E-state index contributed by atoms with van der Waals surface area (Å²) in [5, 5.41) is 1.26. The molecule has 2 aromatic carbocycles. The number of hydrogen-bond donors (Lipinski definition) is 0. The van der Waals surface area contributed by atoms with E-state index in [1.54, 1.807) is 6.08 Å². The molecule has 0 atom stereocenters. The molecule has 0 aliphatic heterocycles. The lowest BCUT2D eigenvalue weighted by Crippen LogP contribution is -1.95. The van der Waals surface area contributed by atoms with Crippen LogP contribution in [-0.2, 0) is 0 Å². The lowest BCUT2D eigenvalue weighted by Gasteiger charge is -2.08. The third-order valence-corrected chi connectivity index (χ3v) is 3.40. The molecule has 1 nitrogen and oxygen atoms in total. The number of aryl methyl sites for hydroxylation is 1. The average molecular weight is 289 g/mol. The Hall–Kier alpha value is -2.54. The zero-order valence-corrected chi connectivity index (χ0v) is 13.6. The van der Waals surface area contributed by atoms with Crippen molar-refractivity contribution in [2.24, 2.45) is 0 Å². The van der Waals surface area contributed by atoms with E-state index in [1.807, 2.05) is 26.0 Å². The maximum atomic E-state index is 3.75. The van der Waals surface area contributed by atoms with E-state index >= 15 is 0 Å². The summed E-state index contributed by atoms with van der Waals surface area (Å²) in [5.74, 6) is 0. The second-order valence-corrected chi connectivity index (χ2v) is 4.90. The molecule has 1 heteroatoms. The number of fused-ring (bicyclic) bond motifs is 1. The molecule has 0 unspecified atom stereocenters. The fourth-order valence-electron chi connectivity index (χ4n) is 2.51. The molecule has 0 bridgehead atoms. The first kappa shape index (κ1) is 15.8. The molecule has 0 aliphatic carbocycles. The van der Waals surface area contributed by atoms with Gasteiger partial charge in [-0.2, -0.15) is 0 Å². The molecule has 1 aromatic heterocycles. The Bertz CT molecular complexity index is 776. The van der Waals surface area contributed by atoms with Crippen LogP contribution in [0.3, 0.4) is 0 Å². The molecule has 0 amide bonds. The van der Waals surface area contributed by atoms with Crippen molar-refractivity contribution in [1.29, 1.82) is 0 Å². The summed E-state index contributed by atoms with van der Waals surface area (Å²) in [6, 6.07) is 19.2. The van der Waals surface area contributed by atoms with Crippen molar-refractivity contribution in [2.45, 2.75) is 20.8 Å². The number of aromatic nitrogens is 1. The molecule has 0 fully saturated rings. The van der Waals surface area contributed by atoms with Crippen LogP contribution in [-0.4, -0.2) is 4.57 Å². The first-order valence-corrected chi connectivity index (χ1v) is 7.76. The molecule has 0 saturated heterocycles. The average Bonchev–Trinajstić information content (AvgIpc) is 2.92. The van der Waals surface area contributed by atoms with Gasteiger partial charge in [-0.05, 0) is 43.3 Å². The maximum Gasteiger partial charge on any atom is 0.0534 e. The van der Waals surface area contributed by atoms with E-state index in [9.17, 15) is 0 Å². The monoisotopic (exact) mass is 289 g/mol. The number of nitrogens with zero attached hydrogens (tertiary/aromatic N) is 1. The van der Waals surface area contributed by atoms with Gasteiger partial charge in [0.05, 0.1) is 5.52 Å². The van der Waals surface area contributed by atoms with Crippen LogP contribution < -0.4 is 0 Å². The third kappa shape index (κ3) is 3.20. The fraction of sp³-hybridized carbons (Fsp3) is 0.143. The Balaban J connectivity index is 0.000000847. The number of benzene rings is 2.